The molecule has 0 saturated heterocycles. The molecule has 106 valence electrons. The van der Waals surface area contributed by atoms with Crippen LogP contribution in [0, 0.1) is 17.8 Å². The van der Waals surface area contributed by atoms with Crippen molar-refractivity contribution >= 4 is 37.3 Å². The first-order valence-electron chi connectivity index (χ1n) is 6.73. The molecule has 4 atom stereocenters. The zero-order valence-corrected chi connectivity index (χ0v) is 14.0. The van der Waals surface area contributed by atoms with Crippen molar-refractivity contribution in [1.29, 1.82) is 0 Å². The fourth-order valence-corrected chi connectivity index (χ4v) is 7.06. The number of hydrogen-bond donors (Lipinski definition) is 1. The van der Waals surface area contributed by atoms with E-state index in [-0.39, 0.29) is 6.04 Å². The Bertz CT molecular complexity index is 569. The van der Waals surface area contributed by atoms with Crippen LogP contribution in [-0.4, -0.2) is 14.5 Å². The molecule has 0 aliphatic heterocycles. The predicted octanol–water partition coefficient (Wildman–Crippen LogP) is 3.61. The van der Waals surface area contributed by atoms with Crippen LogP contribution in [0.25, 0.3) is 0 Å². The third-order valence-corrected chi connectivity index (χ3v) is 8.26. The maximum Gasteiger partial charge on any atom is 0.250 e. The Morgan fingerprint density at radius 2 is 2.16 bits per heavy atom. The van der Waals surface area contributed by atoms with Gasteiger partial charge in [-0.3, -0.25) is 0 Å². The Hall–Kier alpha value is 0.0900. The Balaban J connectivity index is 1.71. The summed E-state index contributed by atoms with van der Waals surface area (Å²) in [5, 5.41) is 0. The molecule has 1 aromatic heterocycles. The van der Waals surface area contributed by atoms with Crippen molar-refractivity contribution in [3.05, 3.63) is 15.9 Å². The molecular weight excluding hydrogens is 346 g/mol. The highest BCUT2D eigenvalue weighted by Crippen LogP contribution is 2.49. The molecule has 0 amide bonds. The molecule has 2 bridgehead atoms. The van der Waals surface area contributed by atoms with E-state index in [1.54, 1.807) is 12.1 Å². The Morgan fingerprint density at radius 3 is 2.68 bits per heavy atom. The molecule has 1 aromatic rings. The summed E-state index contributed by atoms with van der Waals surface area (Å²) in [6, 6.07) is 3.48. The largest absolute Gasteiger partial charge is 0.250 e. The van der Waals surface area contributed by atoms with Gasteiger partial charge in [-0.05, 0) is 72.0 Å². The average Bonchev–Trinajstić information content (AvgIpc) is 3.02. The highest BCUT2D eigenvalue weighted by Gasteiger charge is 2.42. The van der Waals surface area contributed by atoms with Crippen LogP contribution in [0.5, 0.6) is 0 Å². The number of halogens is 1. The lowest BCUT2D eigenvalue weighted by Crippen LogP contribution is -2.39. The van der Waals surface area contributed by atoms with Crippen molar-refractivity contribution in [3.63, 3.8) is 0 Å². The van der Waals surface area contributed by atoms with Gasteiger partial charge in [-0.15, -0.1) is 11.3 Å². The normalized spacial score (nSPS) is 31.8. The lowest BCUT2D eigenvalue weighted by molar-refractivity contribution is 0.280. The average molecular weight is 364 g/mol. The van der Waals surface area contributed by atoms with Crippen LogP contribution in [0.15, 0.2) is 20.1 Å². The van der Waals surface area contributed by atoms with Crippen molar-refractivity contribution in [2.75, 3.05) is 0 Å². The van der Waals surface area contributed by atoms with Gasteiger partial charge in [0.15, 0.2) is 0 Å². The maximum absolute atomic E-state index is 12.3. The van der Waals surface area contributed by atoms with E-state index < -0.39 is 10.0 Å². The molecule has 0 radical (unpaired) electrons. The van der Waals surface area contributed by atoms with E-state index in [9.17, 15) is 8.42 Å². The van der Waals surface area contributed by atoms with E-state index in [1.165, 1.54) is 37.0 Å². The van der Waals surface area contributed by atoms with Crippen molar-refractivity contribution in [1.82, 2.24) is 4.72 Å². The first-order chi connectivity index (χ1) is 8.95. The van der Waals surface area contributed by atoms with Crippen molar-refractivity contribution in [2.45, 2.75) is 42.9 Å². The molecule has 1 heterocycles. The minimum Gasteiger partial charge on any atom is -0.207 e. The second-order valence-corrected chi connectivity index (χ2v) is 10.2. The van der Waals surface area contributed by atoms with Gasteiger partial charge in [0.2, 0.25) is 10.0 Å². The topological polar surface area (TPSA) is 46.2 Å². The number of rotatable bonds is 4. The molecule has 2 fully saturated rings. The molecule has 0 aromatic carbocycles. The summed E-state index contributed by atoms with van der Waals surface area (Å²) in [4.78, 5) is 0. The van der Waals surface area contributed by atoms with Crippen LogP contribution >= 0.6 is 27.3 Å². The van der Waals surface area contributed by atoms with Gasteiger partial charge < -0.3 is 0 Å². The van der Waals surface area contributed by atoms with E-state index in [0.29, 0.717) is 10.1 Å². The SMILES string of the molecule is C[C@H](NS(=O)(=O)c1ccc(Br)s1)[C@@H]1C[C@@H]2CC[C@@H]1C2. The summed E-state index contributed by atoms with van der Waals surface area (Å²) in [5.41, 5.74) is 0. The number of sulfonamides is 1. The number of fused-ring (bicyclic) bond motifs is 2. The Kier molecular flexibility index (Phi) is 3.79. The minimum absolute atomic E-state index is 0.0428. The fraction of sp³-hybridized carbons (Fsp3) is 0.692. The standard InChI is InChI=1S/C13H18BrNO2S2/c1-8(11-7-9-2-3-10(11)6-9)15-19(16,17)13-5-4-12(14)18-13/h4-5,8-11,15H,2-3,6-7H2,1H3/t8-,9+,10+,11-/m0/s1. The van der Waals surface area contributed by atoms with Crippen LogP contribution in [0.3, 0.4) is 0 Å². The summed E-state index contributed by atoms with van der Waals surface area (Å²) in [7, 11) is -3.35. The molecule has 3 nitrogen and oxygen atoms in total. The molecule has 2 saturated carbocycles. The molecule has 0 spiro atoms. The third-order valence-electron chi connectivity index (χ3n) is 4.59. The van der Waals surface area contributed by atoms with Gasteiger partial charge in [0, 0.05) is 6.04 Å². The van der Waals surface area contributed by atoms with Crippen LogP contribution in [0.4, 0.5) is 0 Å². The summed E-state index contributed by atoms with van der Waals surface area (Å²) in [5.74, 6) is 2.10. The number of hydrogen-bond acceptors (Lipinski definition) is 3. The first-order valence-corrected chi connectivity index (χ1v) is 9.82. The van der Waals surface area contributed by atoms with E-state index in [2.05, 4.69) is 20.7 Å². The molecule has 0 unspecified atom stereocenters. The molecule has 3 rings (SSSR count). The van der Waals surface area contributed by atoms with E-state index in [0.717, 1.165) is 15.6 Å². The van der Waals surface area contributed by atoms with Gasteiger partial charge >= 0.3 is 0 Å². The Morgan fingerprint density at radius 1 is 1.37 bits per heavy atom. The molecule has 6 heteroatoms. The van der Waals surface area contributed by atoms with Gasteiger partial charge in [-0.25, -0.2) is 13.1 Å². The van der Waals surface area contributed by atoms with Crippen LogP contribution in [0.2, 0.25) is 0 Å². The highest BCUT2D eigenvalue weighted by molar-refractivity contribution is 9.11. The van der Waals surface area contributed by atoms with E-state index in [1.807, 2.05) is 6.92 Å². The quantitative estimate of drug-likeness (QED) is 0.887. The van der Waals surface area contributed by atoms with E-state index in [4.69, 9.17) is 0 Å². The monoisotopic (exact) mass is 363 g/mol. The van der Waals surface area contributed by atoms with Crippen LogP contribution in [0.1, 0.15) is 32.6 Å². The first kappa shape index (κ1) is 14.0. The van der Waals surface area contributed by atoms with Gasteiger partial charge in [-0.1, -0.05) is 6.42 Å². The van der Waals surface area contributed by atoms with Crippen LogP contribution in [-0.2, 0) is 10.0 Å². The zero-order valence-electron chi connectivity index (χ0n) is 10.8. The van der Waals surface area contributed by atoms with Gasteiger partial charge in [0.1, 0.15) is 4.21 Å². The summed E-state index contributed by atoms with van der Waals surface area (Å²) < 4.78 is 28.7. The Labute approximate surface area is 127 Å². The van der Waals surface area contributed by atoms with Crippen molar-refractivity contribution < 1.29 is 8.42 Å². The molecule has 2 aliphatic carbocycles. The fourth-order valence-electron chi connectivity index (χ4n) is 3.74. The third kappa shape index (κ3) is 2.77. The smallest absolute Gasteiger partial charge is 0.207 e. The van der Waals surface area contributed by atoms with Gasteiger partial charge in [0.05, 0.1) is 3.79 Å². The molecular formula is C13H18BrNO2S2. The minimum atomic E-state index is -3.35. The summed E-state index contributed by atoms with van der Waals surface area (Å²) >= 11 is 4.57. The van der Waals surface area contributed by atoms with Gasteiger partial charge in [-0.2, -0.15) is 0 Å². The summed E-state index contributed by atoms with van der Waals surface area (Å²) in [6.07, 6.45) is 5.13. The molecule has 2 aliphatic rings. The second-order valence-electron chi connectivity index (χ2n) is 5.81. The van der Waals surface area contributed by atoms with Crippen molar-refractivity contribution in [3.8, 4) is 0 Å². The van der Waals surface area contributed by atoms with Crippen molar-refractivity contribution in [2.24, 2.45) is 17.8 Å². The molecule has 19 heavy (non-hydrogen) atoms. The lowest BCUT2D eigenvalue weighted by atomic mass is 9.84. The number of thiophene rings is 1. The second kappa shape index (κ2) is 5.13. The summed E-state index contributed by atoms with van der Waals surface area (Å²) in [6.45, 7) is 2.02. The maximum atomic E-state index is 12.3. The highest BCUT2D eigenvalue weighted by atomic mass is 79.9. The lowest BCUT2D eigenvalue weighted by Gasteiger charge is -2.28. The van der Waals surface area contributed by atoms with Crippen LogP contribution < -0.4 is 4.72 Å². The van der Waals surface area contributed by atoms with Gasteiger partial charge in [0.25, 0.3) is 0 Å². The van der Waals surface area contributed by atoms with E-state index >= 15 is 0 Å². The zero-order chi connectivity index (χ0) is 13.6. The predicted molar refractivity (Wildman–Crippen MR) is 80.7 cm³/mol. The molecule has 1 N–H and O–H groups in total. The number of nitrogens with one attached hydrogen (secondary N) is 1.